The minimum Gasteiger partial charge on any atom is -0.439 e. The van der Waals surface area contributed by atoms with Gasteiger partial charge in [-0.3, -0.25) is 0 Å². The molecule has 0 saturated carbocycles. The lowest BCUT2D eigenvalue weighted by atomic mass is 10.1. The van der Waals surface area contributed by atoms with E-state index in [1.807, 2.05) is 18.3 Å². The van der Waals surface area contributed by atoms with Gasteiger partial charge in [-0.15, -0.1) is 0 Å². The van der Waals surface area contributed by atoms with Crippen LogP contribution in [-0.4, -0.2) is 11.5 Å². The summed E-state index contributed by atoms with van der Waals surface area (Å²) >= 11 is 0. The minimum atomic E-state index is 0.299. The van der Waals surface area contributed by atoms with Gasteiger partial charge < -0.3 is 9.73 Å². The molecule has 1 N–H and O–H groups in total. The van der Waals surface area contributed by atoms with Gasteiger partial charge in [0.15, 0.2) is 5.76 Å². The Morgan fingerprint density at radius 1 is 1.35 bits per heavy atom. The molecule has 1 saturated heterocycles. The first kappa shape index (κ1) is 10.5. The molecule has 1 aromatic heterocycles. The number of aromatic nitrogens is 1. The third-order valence-electron chi connectivity index (χ3n) is 3.29. The van der Waals surface area contributed by atoms with Gasteiger partial charge in [0.1, 0.15) is 0 Å². The Labute approximate surface area is 101 Å². The second-order valence-electron chi connectivity index (χ2n) is 4.53. The van der Waals surface area contributed by atoms with Crippen LogP contribution in [0.1, 0.15) is 30.3 Å². The average molecular weight is 228 g/mol. The van der Waals surface area contributed by atoms with E-state index in [4.69, 9.17) is 4.42 Å². The van der Waals surface area contributed by atoms with Crippen LogP contribution in [0.15, 0.2) is 34.9 Å². The van der Waals surface area contributed by atoms with Crippen LogP contribution in [-0.2, 0) is 0 Å². The van der Waals surface area contributed by atoms with Gasteiger partial charge in [-0.2, -0.15) is 0 Å². The highest BCUT2D eigenvalue weighted by molar-refractivity contribution is 5.60. The van der Waals surface area contributed by atoms with Crippen molar-refractivity contribution >= 4 is 0 Å². The maximum absolute atomic E-state index is 5.86. The van der Waals surface area contributed by atoms with Crippen LogP contribution in [0.2, 0.25) is 0 Å². The summed E-state index contributed by atoms with van der Waals surface area (Å²) in [6.07, 6.45) is 4.15. The SMILES string of the molecule is Cc1ccccc1-c1cnc(C2CCCN2)o1. The Bertz CT molecular complexity index is 512. The molecule has 2 aromatic rings. The number of hydrogen-bond donors (Lipinski definition) is 1. The topological polar surface area (TPSA) is 38.1 Å². The molecule has 17 heavy (non-hydrogen) atoms. The van der Waals surface area contributed by atoms with E-state index < -0.39 is 0 Å². The van der Waals surface area contributed by atoms with Crippen LogP contribution in [0, 0.1) is 6.92 Å². The fourth-order valence-electron chi connectivity index (χ4n) is 2.32. The van der Waals surface area contributed by atoms with Gasteiger partial charge in [-0.25, -0.2) is 4.98 Å². The predicted molar refractivity (Wildman–Crippen MR) is 66.7 cm³/mol. The Morgan fingerprint density at radius 2 is 2.24 bits per heavy atom. The Hall–Kier alpha value is -1.61. The zero-order valence-electron chi connectivity index (χ0n) is 9.94. The van der Waals surface area contributed by atoms with Crippen LogP contribution in [0.4, 0.5) is 0 Å². The van der Waals surface area contributed by atoms with Crippen molar-refractivity contribution in [2.24, 2.45) is 0 Å². The molecule has 1 unspecified atom stereocenters. The van der Waals surface area contributed by atoms with Crippen molar-refractivity contribution in [3.05, 3.63) is 41.9 Å². The zero-order chi connectivity index (χ0) is 11.7. The second-order valence-corrected chi connectivity index (χ2v) is 4.53. The number of nitrogens with one attached hydrogen (secondary N) is 1. The van der Waals surface area contributed by atoms with Gasteiger partial charge >= 0.3 is 0 Å². The summed E-state index contributed by atoms with van der Waals surface area (Å²) < 4.78 is 5.86. The molecule has 3 nitrogen and oxygen atoms in total. The quantitative estimate of drug-likeness (QED) is 0.858. The van der Waals surface area contributed by atoms with E-state index in [0.717, 1.165) is 30.2 Å². The lowest BCUT2D eigenvalue weighted by molar-refractivity contribution is 0.437. The summed E-state index contributed by atoms with van der Waals surface area (Å²) in [5, 5.41) is 3.40. The monoisotopic (exact) mass is 228 g/mol. The van der Waals surface area contributed by atoms with Gasteiger partial charge in [-0.05, 0) is 31.9 Å². The van der Waals surface area contributed by atoms with E-state index in [0.29, 0.717) is 6.04 Å². The molecule has 3 heteroatoms. The Kier molecular flexibility index (Phi) is 2.69. The maximum atomic E-state index is 5.86. The molecule has 0 amide bonds. The summed E-state index contributed by atoms with van der Waals surface area (Å²) in [7, 11) is 0. The first-order valence-corrected chi connectivity index (χ1v) is 6.10. The van der Waals surface area contributed by atoms with Gasteiger partial charge in [0.2, 0.25) is 5.89 Å². The smallest absolute Gasteiger partial charge is 0.212 e. The van der Waals surface area contributed by atoms with Crippen molar-refractivity contribution in [3.8, 4) is 11.3 Å². The molecule has 1 aliphatic rings. The zero-order valence-corrected chi connectivity index (χ0v) is 9.94. The number of hydrogen-bond acceptors (Lipinski definition) is 3. The number of oxazole rings is 1. The van der Waals surface area contributed by atoms with E-state index in [2.05, 4.69) is 29.4 Å². The molecule has 1 fully saturated rings. The molecule has 0 aliphatic carbocycles. The fourth-order valence-corrected chi connectivity index (χ4v) is 2.32. The van der Waals surface area contributed by atoms with E-state index in [-0.39, 0.29) is 0 Å². The number of rotatable bonds is 2. The molecule has 0 bridgehead atoms. The van der Waals surface area contributed by atoms with Gasteiger partial charge in [0.25, 0.3) is 0 Å². The molecule has 0 spiro atoms. The van der Waals surface area contributed by atoms with E-state index in [1.54, 1.807) is 0 Å². The van der Waals surface area contributed by atoms with Gasteiger partial charge in [0.05, 0.1) is 12.2 Å². The summed E-state index contributed by atoms with van der Waals surface area (Å²) in [4.78, 5) is 4.39. The lowest BCUT2D eigenvalue weighted by Gasteiger charge is -2.04. The lowest BCUT2D eigenvalue weighted by Crippen LogP contribution is -2.12. The molecular weight excluding hydrogens is 212 g/mol. The summed E-state index contributed by atoms with van der Waals surface area (Å²) in [5.41, 5.74) is 2.35. The first-order valence-electron chi connectivity index (χ1n) is 6.10. The van der Waals surface area contributed by atoms with Gasteiger partial charge in [0, 0.05) is 5.56 Å². The highest BCUT2D eigenvalue weighted by atomic mass is 16.4. The second kappa shape index (κ2) is 4.34. The van der Waals surface area contributed by atoms with Crippen molar-refractivity contribution in [2.75, 3.05) is 6.54 Å². The fraction of sp³-hybridized carbons (Fsp3) is 0.357. The molecule has 1 atom stereocenters. The molecule has 1 aliphatic heterocycles. The summed E-state index contributed by atoms with van der Waals surface area (Å²) in [5.74, 6) is 1.69. The normalized spacial score (nSPS) is 19.7. The number of aryl methyl sites for hydroxylation is 1. The van der Waals surface area contributed by atoms with Crippen molar-refractivity contribution in [3.63, 3.8) is 0 Å². The molecule has 88 valence electrons. The van der Waals surface area contributed by atoms with Crippen molar-refractivity contribution < 1.29 is 4.42 Å². The van der Waals surface area contributed by atoms with Crippen LogP contribution in [0.3, 0.4) is 0 Å². The molecule has 3 rings (SSSR count). The molecule has 0 radical (unpaired) electrons. The third-order valence-corrected chi connectivity index (χ3v) is 3.29. The van der Waals surface area contributed by atoms with Crippen molar-refractivity contribution in [1.82, 2.24) is 10.3 Å². The first-order chi connectivity index (χ1) is 8.34. The largest absolute Gasteiger partial charge is 0.439 e. The van der Waals surface area contributed by atoms with Crippen LogP contribution in [0.25, 0.3) is 11.3 Å². The minimum absolute atomic E-state index is 0.299. The van der Waals surface area contributed by atoms with E-state index in [9.17, 15) is 0 Å². The molecule has 2 heterocycles. The number of benzene rings is 1. The Balaban J connectivity index is 1.92. The summed E-state index contributed by atoms with van der Waals surface area (Å²) in [6, 6.07) is 8.52. The van der Waals surface area contributed by atoms with Crippen LogP contribution < -0.4 is 5.32 Å². The molecular formula is C14H16N2O. The van der Waals surface area contributed by atoms with Crippen molar-refractivity contribution in [2.45, 2.75) is 25.8 Å². The van der Waals surface area contributed by atoms with Gasteiger partial charge in [-0.1, -0.05) is 24.3 Å². The van der Waals surface area contributed by atoms with Crippen LogP contribution >= 0.6 is 0 Å². The van der Waals surface area contributed by atoms with E-state index >= 15 is 0 Å². The third kappa shape index (κ3) is 1.98. The maximum Gasteiger partial charge on any atom is 0.212 e. The highest BCUT2D eigenvalue weighted by Gasteiger charge is 2.21. The van der Waals surface area contributed by atoms with Crippen LogP contribution in [0.5, 0.6) is 0 Å². The summed E-state index contributed by atoms with van der Waals surface area (Å²) in [6.45, 7) is 3.15. The number of nitrogens with zero attached hydrogens (tertiary/aromatic N) is 1. The predicted octanol–water partition coefficient (Wildman–Crippen LogP) is 3.07. The van der Waals surface area contributed by atoms with E-state index in [1.165, 1.54) is 12.0 Å². The molecule has 1 aromatic carbocycles. The highest BCUT2D eigenvalue weighted by Crippen LogP contribution is 2.28. The standard InChI is InChI=1S/C14H16N2O/c1-10-5-2-3-6-11(10)13-9-16-14(17-13)12-7-4-8-15-12/h2-3,5-6,9,12,15H,4,7-8H2,1H3. The average Bonchev–Trinajstić information content (AvgIpc) is 3.00. The van der Waals surface area contributed by atoms with Crippen molar-refractivity contribution in [1.29, 1.82) is 0 Å². The Morgan fingerprint density at radius 3 is 3.00 bits per heavy atom.